The maximum absolute atomic E-state index is 12.7. The first-order valence-corrected chi connectivity index (χ1v) is 9.96. The van der Waals surface area contributed by atoms with Gasteiger partial charge in [-0.05, 0) is 56.2 Å². The number of benzene rings is 2. The lowest BCUT2D eigenvalue weighted by atomic mass is 10.1. The molecule has 0 bridgehead atoms. The van der Waals surface area contributed by atoms with Crippen LogP contribution in [0.1, 0.15) is 42.1 Å². The molecule has 150 valence electrons. The van der Waals surface area contributed by atoms with Crippen LogP contribution in [0.4, 0.5) is 17.1 Å². The summed E-state index contributed by atoms with van der Waals surface area (Å²) in [5, 5.41) is 12.8. The number of amidine groups is 1. The van der Waals surface area contributed by atoms with Gasteiger partial charge < -0.3 is 21.1 Å². The zero-order valence-electron chi connectivity index (χ0n) is 16.6. The van der Waals surface area contributed by atoms with Crippen LogP contribution in [0, 0.1) is 0 Å². The van der Waals surface area contributed by atoms with Crippen molar-refractivity contribution in [2.45, 2.75) is 32.3 Å². The van der Waals surface area contributed by atoms with E-state index in [0.29, 0.717) is 30.1 Å². The summed E-state index contributed by atoms with van der Waals surface area (Å²) >= 11 is 0. The molecule has 0 aliphatic carbocycles. The third-order valence-electron chi connectivity index (χ3n) is 5.31. The summed E-state index contributed by atoms with van der Waals surface area (Å²) in [4.78, 5) is 19.3. The number of nitrogens with two attached hydrogens (primary N) is 1. The minimum absolute atomic E-state index is 0.187. The number of aliphatic imine (C=N–C) groups is 1. The number of nitrogens with one attached hydrogen (secondary N) is 1. The molecule has 0 radical (unpaired) electrons. The van der Waals surface area contributed by atoms with Crippen molar-refractivity contribution in [3.05, 3.63) is 59.2 Å². The second kappa shape index (κ2) is 8.09. The molecule has 0 aromatic heterocycles. The van der Waals surface area contributed by atoms with Crippen molar-refractivity contribution >= 4 is 34.9 Å². The summed E-state index contributed by atoms with van der Waals surface area (Å²) < 4.78 is 0. The first-order valence-electron chi connectivity index (χ1n) is 9.96. The maximum Gasteiger partial charge on any atom is 0.255 e. The summed E-state index contributed by atoms with van der Waals surface area (Å²) in [6, 6.07) is 13.2. The zero-order valence-corrected chi connectivity index (χ0v) is 16.6. The number of amides is 1. The van der Waals surface area contributed by atoms with Crippen molar-refractivity contribution in [2.24, 2.45) is 10.7 Å². The molecule has 6 heteroatoms. The normalized spacial score (nSPS) is 19.0. The third-order valence-corrected chi connectivity index (χ3v) is 5.31. The number of aliphatic hydroxyl groups is 1. The van der Waals surface area contributed by atoms with Crippen LogP contribution in [0.3, 0.4) is 0 Å². The SMILES string of the molecule is CC1=Cc2ccc(C(=O)Nc3ccc(N4CCCC(O)C4)cc3)cc2N=C(N)C1. The van der Waals surface area contributed by atoms with Crippen molar-refractivity contribution in [2.75, 3.05) is 23.3 Å². The lowest BCUT2D eigenvalue weighted by Gasteiger charge is -2.32. The highest BCUT2D eigenvalue weighted by Gasteiger charge is 2.18. The summed E-state index contributed by atoms with van der Waals surface area (Å²) in [5.74, 6) is 0.362. The molecule has 1 unspecified atom stereocenters. The number of aliphatic hydroxyl groups excluding tert-OH is 1. The van der Waals surface area contributed by atoms with Crippen molar-refractivity contribution in [1.29, 1.82) is 0 Å². The fourth-order valence-electron chi connectivity index (χ4n) is 3.85. The largest absolute Gasteiger partial charge is 0.391 e. The smallest absolute Gasteiger partial charge is 0.255 e. The van der Waals surface area contributed by atoms with E-state index < -0.39 is 0 Å². The van der Waals surface area contributed by atoms with Crippen LogP contribution >= 0.6 is 0 Å². The number of β-amino-alcohol motifs (C(OH)–C–C–N with tert-alkyl or cyclic N) is 1. The van der Waals surface area contributed by atoms with Crippen LogP contribution in [-0.2, 0) is 0 Å². The van der Waals surface area contributed by atoms with E-state index in [1.165, 1.54) is 0 Å². The predicted octanol–water partition coefficient (Wildman–Crippen LogP) is 3.70. The highest BCUT2D eigenvalue weighted by molar-refractivity contribution is 6.05. The lowest BCUT2D eigenvalue weighted by Crippen LogP contribution is -2.38. The van der Waals surface area contributed by atoms with Gasteiger partial charge in [0.05, 0.1) is 11.8 Å². The highest BCUT2D eigenvalue weighted by Crippen LogP contribution is 2.28. The summed E-state index contributed by atoms with van der Waals surface area (Å²) in [6.45, 7) is 3.61. The van der Waals surface area contributed by atoms with Gasteiger partial charge in [0, 0.05) is 42.0 Å². The molecule has 4 rings (SSSR count). The Bertz CT molecular complexity index is 979. The number of nitrogens with zero attached hydrogens (tertiary/aromatic N) is 2. The lowest BCUT2D eigenvalue weighted by molar-refractivity contribution is 0.102. The number of fused-ring (bicyclic) bond motifs is 1. The molecule has 1 amide bonds. The van der Waals surface area contributed by atoms with E-state index in [1.807, 2.05) is 37.3 Å². The summed E-state index contributed by atoms with van der Waals surface area (Å²) in [7, 11) is 0. The van der Waals surface area contributed by atoms with Crippen molar-refractivity contribution in [1.82, 2.24) is 0 Å². The fraction of sp³-hybridized carbons (Fsp3) is 0.304. The number of rotatable bonds is 3. The quantitative estimate of drug-likeness (QED) is 0.745. The van der Waals surface area contributed by atoms with Gasteiger partial charge in [-0.2, -0.15) is 0 Å². The molecule has 2 aliphatic heterocycles. The Morgan fingerprint density at radius 3 is 2.79 bits per heavy atom. The topological polar surface area (TPSA) is 91.0 Å². The second-order valence-corrected chi connectivity index (χ2v) is 7.79. The minimum Gasteiger partial charge on any atom is -0.391 e. The van der Waals surface area contributed by atoms with Crippen LogP contribution in [-0.4, -0.2) is 36.0 Å². The van der Waals surface area contributed by atoms with E-state index in [1.54, 1.807) is 12.1 Å². The van der Waals surface area contributed by atoms with E-state index in [2.05, 4.69) is 21.3 Å². The van der Waals surface area contributed by atoms with Crippen molar-refractivity contribution < 1.29 is 9.90 Å². The van der Waals surface area contributed by atoms with Gasteiger partial charge in [0.15, 0.2) is 0 Å². The Kier molecular flexibility index (Phi) is 5.36. The Morgan fingerprint density at radius 1 is 1.24 bits per heavy atom. The van der Waals surface area contributed by atoms with Gasteiger partial charge in [-0.3, -0.25) is 4.79 Å². The zero-order chi connectivity index (χ0) is 20.4. The monoisotopic (exact) mass is 390 g/mol. The Morgan fingerprint density at radius 2 is 2.03 bits per heavy atom. The fourth-order valence-corrected chi connectivity index (χ4v) is 3.85. The molecule has 29 heavy (non-hydrogen) atoms. The molecule has 1 saturated heterocycles. The molecule has 2 heterocycles. The molecule has 0 spiro atoms. The Hall–Kier alpha value is -3.12. The van der Waals surface area contributed by atoms with Crippen molar-refractivity contribution in [3.63, 3.8) is 0 Å². The summed E-state index contributed by atoms with van der Waals surface area (Å²) in [5.41, 5.74) is 11.1. The van der Waals surface area contributed by atoms with Crippen molar-refractivity contribution in [3.8, 4) is 0 Å². The van der Waals surface area contributed by atoms with E-state index in [4.69, 9.17) is 5.73 Å². The Balaban J connectivity index is 1.48. The maximum atomic E-state index is 12.7. The number of anilines is 2. The van der Waals surface area contributed by atoms with E-state index in [0.717, 1.165) is 41.9 Å². The molecule has 2 aromatic carbocycles. The molecule has 4 N–H and O–H groups in total. The third kappa shape index (κ3) is 4.49. The molecular weight excluding hydrogens is 364 g/mol. The summed E-state index contributed by atoms with van der Waals surface area (Å²) in [6.07, 6.45) is 4.26. The van der Waals surface area contributed by atoms with Crippen LogP contribution in [0.25, 0.3) is 6.08 Å². The van der Waals surface area contributed by atoms with Gasteiger partial charge in [0.25, 0.3) is 5.91 Å². The van der Waals surface area contributed by atoms with Gasteiger partial charge in [0.1, 0.15) is 5.84 Å². The van der Waals surface area contributed by atoms with Gasteiger partial charge in [0.2, 0.25) is 0 Å². The first kappa shape index (κ1) is 19.2. The van der Waals surface area contributed by atoms with E-state index in [9.17, 15) is 9.90 Å². The highest BCUT2D eigenvalue weighted by atomic mass is 16.3. The number of carbonyl (C=O) groups excluding carboxylic acids is 1. The molecule has 2 aromatic rings. The molecule has 1 atom stereocenters. The van der Waals surface area contributed by atoms with Crippen LogP contribution in [0.15, 0.2) is 53.0 Å². The van der Waals surface area contributed by atoms with Gasteiger partial charge >= 0.3 is 0 Å². The van der Waals surface area contributed by atoms with Crippen LogP contribution in [0.2, 0.25) is 0 Å². The number of piperidine rings is 1. The van der Waals surface area contributed by atoms with Gasteiger partial charge in [-0.1, -0.05) is 17.7 Å². The van der Waals surface area contributed by atoms with Crippen LogP contribution in [0.5, 0.6) is 0 Å². The average Bonchev–Trinajstić information content (AvgIpc) is 2.84. The average molecular weight is 390 g/mol. The number of hydrogen-bond acceptors (Lipinski definition) is 5. The molecular formula is C23H26N4O2. The molecule has 2 aliphatic rings. The number of carbonyl (C=O) groups is 1. The predicted molar refractivity (Wildman–Crippen MR) is 118 cm³/mol. The molecule has 1 fully saturated rings. The minimum atomic E-state index is -0.272. The van der Waals surface area contributed by atoms with Gasteiger partial charge in [-0.25, -0.2) is 4.99 Å². The van der Waals surface area contributed by atoms with Crippen LogP contribution < -0.4 is 16.0 Å². The molecule has 0 saturated carbocycles. The van der Waals surface area contributed by atoms with E-state index in [-0.39, 0.29) is 12.0 Å². The number of hydrogen-bond donors (Lipinski definition) is 3. The molecule has 6 nitrogen and oxygen atoms in total. The standard InChI is InChI=1S/C23H26N4O2/c1-15-11-16-4-5-17(13-21(16)26-22(24)12-15)23(29)25-18-6-8-19(9-7-18)27-10-2-3-20(28)14-27/h4-9,11,13,20,28H,2-3,10,12,14H2,1H3,(H2,24,26)(H,25,29). The Labute approximate surface area is 170 Å². The first-order chi connectivity index (χ1) is 14.0. The second-order valence-electron chi connectivity index (χ2n) is 7.79. The van der Waals surface area contributed by atoms with E-state index >= 15 is 0 Å². The van der Waals surface area contributed by atoms with Gasteiger partial charge in [-0.15, -0.1) is 0 Å².